The molecule has 6 heteroatoms. The molecule has 0 radical (unpaired) electrons. The third kappa shape index (κ3) is 5.21. The maximum atomic E-state index is 12.5. The second kappa shape index (κ2) is 9.22. The summed E-state index contributed by atoms with van der Waals surface area (Å²) < 4.78 is 6.72. The summed E-state index contributed by atoms with van der Waals surface area (Å²) in [7, 11) is 0. The third-order valence-electron chi connectivity index (χ3n) is 4.18. The molecule has 1 heterocycles. The zero-order valence-corrected chi connectivity index (χ0v) is 16.3. The highest BCUT2D eigenvalue weighted by Gasteiger charge is 2.22. The van der Waals surface area contributed by atoms with Gasteiger partial charge in [-0.1, -0.05) is 24.3 Å². The molecule has 2 N–H and O–H groups in total. The highest BCUT2D eigenvalue weighted by molar-refractivity contribution is 9.10. The standard InChI is InChI=1S/C19H21BrN2O2.ClH/c20-17-5-1-2-6-18(17)24-13-14-7-9-15(10-8-14)19(23)22-11-3-4-16(21)12-22;/h1-2,5-10,16H,3-4,11-13,21H2;1H. The van der Waals surface area contributed by atoms with E-state index in [-0.39, 0.29) is 24.4 Å². The number of halogens is 2. The Morgan fingerprint density at radius 2 is 1.92 bits per heavy atom. The van der Waals surface area contributed by atoms with Gasteiger partial charge in [-0.05, 0) is 58.6 Å². The first-order chi connectivity index (χ1) is 11.6. The number of para-hydroxylation sites is 1. The molecule has 1 saturated heterocycles. The van der Waals surface area contributed by atoms with Crippen molar-refractivity contribution in [3.05, 3.63) is 64.1 Å². The Balaban J connectivity index is 0.00000225. The average molecular weight is 426 g/mol. The molecule has 3 rings (SSSR count). The molecule has 1 atom stereocenters. The van der Waals surface area contributed by atoms with Crippen LogP contribution in [-0.4, -0.2) is 29.9 Å². The normalized spacial score (nSPS) is 16.9. The summed E-state index contributed by atoms with van der Waals surface area (Å²) >= 11 is 3.46. The molecule has 1 unspecified atom stereocenters. The Bertz CT molecular complexity index is 709. The number of carbonyl (C=O) groups excluding carboxylic acids is 1. The SMILES string of the molecule is Cl.NC1CCCN(C(=O)c2ccc(COc3ccccc3Br)cc2)C1. The summed E-state index contributed by atoms with van der Waals surface area (Å²) in [4.78, 5) is 14.4. The fourth-order valence-electron chi connectivity index (χ4n) is 2.84. The Morgan fingerprint density at radius 3 is 2.60 bits per heavy atom. The number of hydrogen-bond acceptors (Lipinski definition) is 3. The molecule has 4 nitrogen and oxygen atoms in total. The van der Waals surface area contributed by atoms with Crippen molar-refractivity contribution in [2.45, 2.75) is 25.5 Å². The first kappa shape index (κ1) is 19.8. The predicted molar refractivity (Wildman–Crippen MR) is 105 cm³/mol. The molecule has 1 fully saturated rings. The number of carbonyl (C=O) groups is 1. The summed E-state index contributed by atoms with van der Waals surface area (Å²) in [6.07, 6.45) is 1.97. The molecule has 1 aliphatic heterocycles. The Hall–Kier alpha value is -1.56. The third-order valence-corrected chi connectivity index (χ3v) is 4.83. The van der Waals surface area contributed by atoms with Gasteiger partial charge in [0.15, 0.2) is 0 Å². The van der Waals surface area contributed by atoms with Crippen molar-refractivity contribution in [2.75, 3.05) is 13.1 Å². The molecule has 0 saturated carbocycles. The van der Waals surface area contributed by atoms with Gasteiger partial charge in [-0.15, -0.1) is 12.4 Å². The van der Waals surface area contributed by atoms with Gasteiger partial charge in [-0.25, -0.2) is 0 Å². The molecule has 0 aromatic heterocycles. The van der Waals surface area contributed by atoms with Gasteiger partial charge in [-0.3, -0.25) is 4.79 Å². The minimum Gasteiger partial charge on any atom is -0.488 e. The van der Waals surface area contributed by atoms with Crippen LogP contribution >= 0.6 is 28.3 Å². The molecule has 1 aliphatic rings. The zero-order chi connectivity index (χ0) is 16.9. The van der Waals surface area contributed by atoms with E-state index in [0.29, 0.717) is 18.7 Å². The highest BCUT2D eigenvalue weighted by Crippen LogP contribution is 2.24. The summed E-state index contributed by atoms with van der Waals surface area (Å²) in [6.45, 7) is 1.90. The van der Waals surface area contributed by atoms with E-state index in [1.807, 2.05) is 53.4 Å². The fourth-order valence-corrected chi connectivity index (χ4v) is 3.24. The van der Waals surface area contributed by atoms with E-state index in [1.54, 1.807) is 0 Å². The van der Waals surface area contributed by atoms with Crippen LogP contribution in [0.25, 0.3) is 0 Å². The summed E-state index contributed by atoms with van der Waals surface area (Å²) in [5.41, 5.74) is 7.69. The summed E-state index contributed by atoms with van der Waals surface area (Å²) in [6, 6.07) is 15.4. The monoisotopic (exact) mass is 424 g/mol. The lowest BCUT2D eigenvalue weighted by molar-refractivity contribution is 0.0709. The van der Waals surface area contributed by atoms with Crippen molar-refractivity contribution in [1.82, 2.24) is 4.90 Å². The van der Waals surface area contributed by atoms with Gasteiger partial charge in [0.1, 0.15) is 12.4 Å². The Kier molecular flexibility index (Phi) is 7.29. The van der Waals surface area contributed by atoms with Crippen molar-refractivity contribution >= 4 is 34.2 Å². The number of rotatable bonds is 4. The van der Waals surface area contributed by atoms with Crippen LogP contribution in [0.2, 0.25) is 0 Å². The van der Waals surface area contributed by atoms with E-state index in [4.69, 9.17) is 10.5 Å². The lowest BCUT2D eigenvalue weighted by Crippen LogP contribution is -2.45. The first-order valence-electron chi connectivity index (χ1n) is 8.14. The number of ether oxygens (including phenoxy) is 1. The fraction of sp³-hybridized carbons (Fsp3) is 0.316. The molecular formula is C19H22BrClN2O2. The van der Waals surface area contributed by atoms with Crippen LogP contribution in [0.4, 0.5) is 0 Å². The van der Waals surface area contributed by atoms with Crippen LogP contribution in [0.5, 0.6) is 5.75 Å². The summed E-state index contributed by atoms with van der Waals surface area (Å²) in [5.74, 6) is 0.864. The van der Waals surface area contributed by atoms with E-state index in [9.17, 15) is 4.79 Å². The second-order valence-corrected chi connectivity index (χ2v) is 6.92. The molecule has 0 bridgehead atoms. The van der Waals surface area contributed by atoms with Gasteiger partial charge < -0.3 is 15.4 Å². The maximum absolute atomic E-state index is 12.5. The number of benzene rings is 2. The van der Waals surface area contributed by atoms with Crippen LogP contribution in [0.15, 0.2) is 53.0 Å². The largest absolute Gasteiger partial charge is 0.488 e. The number of likely N-dealkylation sites (tertiary alicyclic amines) is 1. The smallest absolute Gasteiger partial charge is 0.253 e. The Labute approximate surface area is 162 Å². The van der Waals surface area contributed by atoms with Gasteiger partial charge in [-0.2, -0.15) is 0 Å². The van der Waals surface area contributed by atoms with Crippen molar-refractivity contribution in [3.63, 3.8) is 0 Å². The van der Waals surface area contributed by atoms with Gasteiger partial charge in [0.05, 0.1) is 4.47 Å². The molecule has 2 aromatic carbocycles. The molecule has 0 aliphatic carbocycles. The molecule has 134 valence electrons. The van der Waals surface area contributed by atoms with Gasteiger partial charge in [0.2, 0.25) is 0 Å². The zero-order valence-electron chi connectivity index (χ0n) is 13.9. The minimum absolute atomic E-state index is 0. The van der Waals surface area contributed by atoms with Gasteiger partial charge in [0.25, 0.3) is 5.91 Å². The van der Waals surface area contributed by atoms with E-state index in [0.717, 1.165) is 35.2 Å². The predicted octanol–water partition coefficient (Wildman–Crippen LogP) is 4.01. The van der Waals surface area contributed by atoms with Crippen LogP contribution in [0.1, 0.15) is 28.8 Å². The van der Waals surface area contributed by atoms with Crippen LogP contribution < -0.4 is 10.5 Å². The molecule has 0 spiro atoms. The molecule has 25 heavy (non-hydrogen) atoms. The summed E-state index contributed by atoms with van der Waals surface area (Å²) in [5, 5.41) is 0. The minimum atomic E-state index is 0. The van der Waals surface area contributed by atoms with Crippen LogP contribution in [0.3, 0.4) is 0 Å². The van der Waals surface area contributed by atoms with Crippen LogP contribution in [0, 0.1) is 0 Å². The van der Waals surface area contributed by atoms with Crippen LogP contribution in [-0.2, 0) is 6.61 Å². The quantitative estimate of drug-likeness (QED) is 0.805. The number of nitrogens with zero attached hydrogens (tertiary/aromatic N) is 1. The van der Waals surface area contributed by atoms with E-state index >= 15 is 0 Å². The highest BCUT2D eigenvalue weighted by atomic mass is 79.9. The number of nitrogens with two attached hydrogens (primary N) is 1. The first-order valence-corrected chi connectivity index (χ1v) is 8.94. The van der Waals surface area contributed by atoms with Gasteiger partial charge in [0, 0.05) is 24.7 Å². The lowest BCUT2D eigenvalue weighted by atomic mass is 10.0. The van der Waals surface area contributed by atoms with E-state index in [2.05, 4.69) is 15.9 Å². The molecular weight excluding hydrogens is 404 g/mol. The topological polar surface area (TPSA) is 55.6 Å². The maximum Gasteiger partial charge on any atom is 0.253 e. The van der Waals surface area contributed by atoms with Crippen molar-refractivity contribution in [2.24, 2.45) is 5.73 Å². The lowest BCUT2D eigenvalue weighted by Gasteiger charge is -2.30. The van der Waals surface area contributed by atoms with Crippen molar-refractivity contribution < 1.29 is 9.53 Å². The molecule has 2 aromatic rings. The molecule has 1 amide bonds. The second-order valence-electron chi connectivity index (χ2n) is 6.07. The number of hydrogen-bond donors (Lipinski definition) is 1. The van der Waals surface area contributed by atoms with Crippen molar-refractivity contribution in [3.8, 4) is 5.75 Å². The van der Waals surface area contributed by atoms with E-state index in [1.165, 1.54) is 0 Å². The number of amides is 1. The number of piperidine rings is 1. The Morgan fingerprint density at radius 1 is 1.20 bits per heavy atom. The van der Waals surface area contributed by atoms with Gasteiger partial charge >= 0.3 is 0 Å². The van der Waals surface area contributed by atoms with E-state index < -0.39 is 0 Å². The van der Waals surface area contributed by atoms with Crippen molar-refractivity contribution in [1.29, 1.82) is 0 Å². The average Bonchev–Trinajstić information content (AvgIpc) is 2.61.